The predicted octanol–water partition coefficient (Wildman–Crippen LogP) is 5.58. The van der Waals surface area contributed by atoms with Gasteiger partial charge in [-0.2, -0.15) is 35.3 Å². The SMILES string of the molecule is Cc1ccc(N2CCCSCCCSCCCSCCC2)cc1. The highest BCUT2D eigenvalue weighted by molar-refractivity contribution is 8.00. The van der Waals surface area contributed by atoms with Gasteiger partial charge in [0.1, 0.15) is 0 Å². The number of aryl methyl sites for hydroxylation is 1. The largest absolute Gasteiger partial charge is 0.371 e. The van der Waals surface area contributed by atoms with Gasteiger partial charge >= 0.3 is 0 Å². The minimum atomic E-state index is 1.20. The van der Waals surface area contributed by atoms with E-state index < -0.39 is 0 Å². The van der Waals surface area contributed by atoms with Gasteiger partial charge in [-0.25, -0.2) is 0 Å². The van der Waals surface area contributed by atoms with Crippen LogP contribution in [0.15, 0.2) is 24.3 Å². The molecule has 0 radical (unpaired) electrons. The van der Waals surface area contributed by atoms with E-state index in [9.17, 15) is 0 Å². The maximum Gasteiger partial charge on any atom is 0.0366 e. The van der Waals surface area contributed by atoms with Crippen molar-refractivity contribution in [3.05, 3.63) is 29.8 Å². The van der Waals surface area contributed by atoms with Crippen molar-refractivity contribution in [3.63, 3.8) is 0 Å². The molecule has 23 heavy (non-hydrogen) atoms. The lowest BCUT2D eigenvalue weighted by Crippen LogP contribution is -2.26. The Morgan fingerprint density at radius 3 is 1.57 bits per heavy atom. The van der Waals surface area contributed by atoms with E-state index in [-0.39, 0.29) is 0 Å². The number of anilines is 1. The summed E-state index contributed by atoms with van der Waals surface area (Å²) in [4.78, 5) is 2.60. The van der Waals surface area contributed by atoms with Crippen LogP contribution in [-0.2, 0) is 0 Å². The molecule has 1 fully saturated rings. The molecule has 1 aliphatic rings. The molecule has 0 aromatic heterocycles. The maximum absolute atomic E-state index is 2.60. The zero-order chi connectivity index (χ0) is 16.2. The first kappa shape index (κ1) is 19.4. The Morgan fingerprint density at radius 1 is 0.652 bits per heavy atom. The third-order valence-electron chi connectivity index (χ3n) is 3.99. The maximum atomic E-state index is 2.60. The summed E-state index contributed by atoms with van der Waals surface area (Å²) < 4.78 is 0. The number of nitrogens with zero attached hydrogens (tertiary/aromatic N) is 1. The summed E-state index contributed by atoms with van der Waals surface area (Å²) in [6.07, 6.45) is 5.37. The van der Waals surface area contributed by atoms with Gasteiger partial charge in [-0.1, -0.05) is 17.7 Å². The van der Waals surface area contributed by atoms with Crippen molar-refractivity contribution in [3.8, 4) is 0 Å². The first-order chi connectivity index (χ1) is 11.4. The van der Waals surface area contributed by atoms with Crippen LogP contribution in [0.3, 0.4) is 0 Å². The lowest BCUT2D eigenvalue weighted by Gasteiger charge is -2.25. The fourth-order valence-corrected chi connectivity index (χ4v) is 5.71. The monoisotopic (exact) mass is 369 g/mol. The summed E-state index contributed by atoms with van der Waals surface area (Å²) in [7, 11) is 0. The van der Waals surface area contributed by atoms with Gasteiger partial charge < -0.3 is 4.90 Å². The highest BCUT2D eigenvalue weighted by Gasteiger charge is 2.06. The van der Waals surface area contributed by atoms with E-state index in [4.69, 9.17) is 0 Å². The second-order valence-corrected chi connectivity index (χ2v) is 9.75. The summed E-state index contributed by atoms with van der Waals surface area (Å²) in [6.45, 7) is 4.58. The Bertz CT molecular complexity index is 392. The van der Waals surface area contributed by atoms with Crippen LogP contribution >= 0.6 is 35.3 Å². The molecular weight excluding hydrogens is 338 g/mol. The molecule has 0 unspecified atom stereocenters. The standard InChI is InChI=1S/C19H31NS3/c1-18-6-8-19(9-7-18)20-10-2-12-21-14-4-16-23-17-5-15-22-13-3-11-20/h6-9H,2-5,10-17H2,1H3. The number of hydrogen-bond donors (Lipinski definition) is 0. The van der Waals surface area contributed by atoms with E-state index in [1.54, 1.807) is 0 Å². The van der Waals surface area contributed by atoms with E-state index in [1.807, 2.05) is 0 Å². The summed E-state index contributed by atoms with van der Waals surface area (Å²) in [5, 5.41) is 0. The Hall–Kier alpha value is 0.0700. The first-order valence-corrected chi connectivity index (χ1v) is 12.4. The van der Waals surface area contributed by atoms with Gasteiger partial charge in [-0.05, 0) is 79.3 Å². The van der Waals surface area contributed by atoms with Crippen LogP contribution in [0.2, 0.25) is 0 Å². The number of rotatable bonds is 1. The van der Waals surface area contributed by atoms with Crippen molar-refractivity contribution in [2.75, 3.05) is 52.5 Å². The van der Waals surface area contributed by atoms with Crippen molar-refractivity contribution in [1.82, 2.24) is 0 Å². The van der Waals surface area contributed by atoms with Crippen molar-refractivity contribution in [2.24, 2.45) is 0 Å². The van der Waals surface area contributed by atoms with Crippen molar-refractivity contribution >= 4 is 41.0 Å². The molecule has 0 spiro atoms. The van der Waals surface area contributed by atoms with Gasteiger partial charge in [0.25, 0.3) is 0 Å². The molecule has 0 bridgehead atoms. The lowest BCUT2D eigenvalue weighted by molar-refractivity contribution is 0.751. The second-order valence-electron chi connectivity index (χ2n) is 6.07. The van der Waals surface area contributed by atoms with Crippen LogP contribution < -0.4 is 4.90 Å². The Labute approximate surface area is 155 Å². The van der Waals surface area contributed by atoms with E-state index in [0.29, 0.717) is 0 Å². The smallest absolute Gasteiger partial charge is 0.0366 e. The zero-order valence-corrected chi connectivity index (χ0v) is 16.9. The molecule has 1 heterocycles. The average molecular weight is 370 g/mol. The lowest BCUT2D eigenvalue weighted by atomic mass is 10.2. The highest BCUT2D eigenvalue weighted by atomic mass is 32.2. The molecule has 0 aliphatic carbocycles. The normalized spacial score (nSPS) is 20.3. The van der Waals surface area contributed by atoms with Gasteiger partial charge in [0, 0.05) is 18.8 Å². The van der Waals surface area contributed by atoms with Gasteiger partial charge in [-0.3, -0.25) is 0 Å². The van der Waals surface area contributed by atoms with Crippen LogP contribution in [0.1, 0.15) is 31.2 Å². The summed E-state index contributed by atoms with van der Waals surface area (Å²) in [5.74, 6) is 8.00. The van der Waals surface area contributed by atoms with Crippen molar-refractivity contribution in [2.45, 2.75) is 32.6 Å². The minimum Gasteiger partial charge on any atom is -0.371 e. The number of thioether (sulfide) groups is 3. The molecule has 0 saturated carbocycles. The molecule has 0 atom stereocenters. The van der Waals surface area contributed by atoms with Crippen LogP contribution in [0.4, 0.5) is 5.69 Å². The summed E-state index contributed by atoms with van der Waals surface area (Å²) in [5.41, 5.74) is 2.76. The topological polar surface area (TPSA) is 3.24 Å². The Balaban J connectivity index is 1.83. The van der Waals surface area contributed by atoms with E-state index in [2.05, 4.69) is 71.4 Å². The van der Waals surface area contributed by atoms with Gasteiger partial charge in [0.05, 0.1) is 0 Å². The fourth-order valence-electron chi connectivity index (χ4n) is 2.67. The molecule has 4 heteroatoms. The molecule has 0 N–H and O–H groups in total. The Morgan fingerprint density at radius 2 is 1.09 bits per heavy atom. The quantitative estimate of drug-likeness (QED) is 0.636. The van der Waals surface area contributed by atoms with Gasteiger partial charge in [-0.15, -0.1) is 0 Å². The van der Waals surface area contributed by atoms with Crippen LogP contribution in [0.25, 0.3) is 0 Å². The van der Waals surface area contributed by atoms with Crippen molar-refractivity contribution < 1.29 is 0 Å². The zero-order valence-electron chi connectivity index (χ0n) is 14.5. The molecule has 2 rings (SSSR count). The first-order valence-electron chi connectivity index (χ1n) is 8.91. The van der Waals surface area contributed by atoms with Gasteiger partial charge in [0.2, 0.25) is 0 Å². The molecule has 1 nitrogen and oxygen atoms in total. The molecule has 1 saturated heterocycles. The van der Waals surface area contributed by atoms with Crippen molar-refractivity contribution in [1.29, 1.82) is 0 Å². The Kier molecular flexibility index (Phi) is 10.5. The number of hydrogen-bond acceptors (Lipinski definition) is 4. The number of benzene rings is 1. The predicted molar refractivity (Wildman–Crippen MR) is 114 cm³/mol. The van der Waals surface area contributed by atoms with Gasteiger partial charge in [0.15, 0.2) is 0 Å². The van der Waals surface area contributed by atoms with E-state index in [0.717, 1.165) is 0 Å². The van der Waals surface area contributed by atoms with Crippen LogP contribution in [0, 0.1) is 6.92 Å². The van der Waals surface area contributed by atoms with Crippen LogP contribution in [-0.4, -0.2) is 47.6 Å². The minimum absolute atomic E-state index is 1.20. The fraction of sp³-hybridized carbons (Fsp3) is 0.684. The summed E-state index contributed by atoms with van der Waals surface area (Å²) >= 11 is 6.44. The third-order valence-corrected chi connectivity index (χ3v) is 7.45. The molecule has 1 aliphatic heterocycles. The molecule has 0 amide bonds. The van der Waals surface area contributed by atoms with E-state index >= 15 is 0 Å². The third kappa shape index (κ3) is 8.64. The summed E-state index contributed by atoms with van der Waals surface area (Å²) in [6, 6.07) is 9.08. The molecular formula is C19H31NS3. The highest BCUT2D eigenvalue weighted by Crippen LogP contribution is 2.19. The molecule has 130 valence electrons. The second kappa shape index (κ2) is 12.4. The average Bonchev–Trinajstić information content (AvgIpc) is 2.56. The van der Waals surface area contributed by atoms with Crippen LogP contribution in [0.5, 0.6) is 0 Å². The van der Waals surface area contributed by atoms with E-state index in [1.165, 1.54) is 84.5 Å². The molecule has 1 aromatic rings. The molecule has 1 aromatic carbocycles.